The monoisotopic (exact) mass is 454 g/mol. The minimum absolute atomic E-state index is 0.790. The van der Waals surface area contributed by atoms with Crippen molar-refractivity contribution < 1.29 is 10.2 Å². The van der Waals surface area contributed by atoms with Crippen LogP contribution >= 0.6 is 0 Å². The van der Waals surface area contributed by atoms with Gasteiger partial charge in [0.1, 0.15) is 5.60 Å². The SMILES string of the molecule is CN(C)c1c(C(C)(C)O)ccc2ccc(C(O)(c3ccccc3)c3ccccc3)c(N(C)C)c12. The summed E-state index contributed by atoms with van der Waals surface area (Å²) in [6.07, 6.45) is 0. The zero-order valence-corrected chi connectivity index (χ0v) is 20.9. The molecule has 176 valence electrons. The molecule has 0 saturated heterocycles. The van der Waals surface area contributed by atoms with E-state index in [-0.39, 0.29) is 0 Å². The lowest BCUT2D eigenvalue weighted by Crippen LogP contribution is -2.31. The molecule has 4 aromatic carbocycles. The van der Waals surface area contributed by atoms with Crippen molar-refractivity contribution in [3.05, 3.63) is 107 Å². The maximum absolute atomic E-state index is 12.6. The number of aliphatic hydroxyl groups is 2. The van der Waals surface area contributed by atoms with E-state index in [4.69, 9.17) is 0 Å². The fourth-order valence-electron chi connectivity index (χ4n) is 4.93. The molecule has 0 spiro atoms. The second kappa shape index (κ2) is 8.79. The number of fused-ring (bicyclic) bond motifs is 1. The smallest absolute Gasteiger partial charge is 0.142 e. The summed E-state index contributed by atoms with van der Waals surface area (Å²) in [5.74, 6) is 0. The summed E-state index contributed by atoms with van der Waals surface area (Å²) in [6, 6.07) is 27.8. The highest BCUT2D eigenvalue weighted by Crippen LogP contribution is 2.47. The molecule has 0 aliphatic heterocycles. The normalized spacial score (nSPS) is 12.1. The third-order valence-corrected chi connectivity index (χ3v) is 6.46. The van der Waals surface area contributed by atoms with E-state index in [0.29, 0.717) is 0 Å². The number of hydrogen-bond acceptors (Lipinski definition) is 4. The van der Waals surface area contributed by atoms with E-state index in [1.807, 2.05) is 115 Å². The van der Waals surface area contributed by atoms with Gasteiger partial charge in [-0.05, 0) is 30.4 Å². The molecule has 0 aromatic heterocycles. The Kier molecular flexibility index (Phi) is 6.15. The fourth-order valence-corrected chi connectivity index (χ4v) is 4.93. The largest absolute Gasteiger partial charge is 0.386 e. The highest BCUT2D eigenvalue weighted by molar-refractivity contribution is 6.06. The summed E-state index contributed by atoms with van der Waals surface area (Å²) in [5.41, 5.74) is 2.70. The molecule has 4 nitrogen and oxygen atoms in total. The standard InChI is InChI=1S/C30H34N2O2/c1-29(2,33)24-19-17-21-18-20-25(28(32(5)6)26(21)27(24)31(3)4)30(34,22-13-9-7-10-14-22)23-15-11-8-12-16-23/h7-20,33-34H,1-6H3. The Morgan fingerprint density at radius 1 is 0.559 bits per heavy atom. The Labute approximate surface area is 202 Å². The summed E-state index contributed by atoms with van der Waals surface area (Å²) < 4.78 is 0. The summed E-state index contributed by atoms with van der Waals surface area (Å²) in [7, 11) is 8.00. The van der Waals surface area contributed by atoms with Crippen LogP contribution < -0.4 is 9.80 Å². The molecule has 4 rings (SSSR count). The molecule has 0 atom stereocenters. The average Bonchev–Trinajstić information content (AvgIpc) is 2.82. The molecule has 4 aromatic rings. The summed E-state index contributed by atoms with van der Waals surface area (Å²) in [4.78, 5) is 4.12. The van der Waals surface area contributed by atoms with Gasteiger partial charge in [0, 0.05) is 44.7 Å². The van der Waals surface area contributed by atoms with E-state index < -0.39 is 11.2 Å². The molecule has 0 saturated carbocycles. The molecule has 0 unspecified atom stereocenters. The van der Waals surface area contributed by atoms with Gasteiger partial charge in [-0.15, -0.1) is 0 Å². The van der Waals surface area contributed by atoms with Gasteiger partial charge in [-0.3, -0.25) is 0 Å². The summed E-state index contributed by atoms with van der Waals surface area (Å²) in [6.45, 7) is 3.62. The molecular weight excluding hydrogens is 420 g/mol. The maximum atomic E-state index is 12.6. The van der Waals surface area contributed by atoms with Crippen molar-refractivity contribution in [2.45, 2.75) is 25.0 Å². The fraction of sp³-hybridized carbons (Fsp3) is 0.267. The minimum atomic E-state index is -1.37. The molecule has 0 amide bonds. The second-order valence-corrected chi connectivity index (χ2v) is 9.81. The first-order valence-electron chi connectivity index (χ1n) is 11.6. The molecular formula is C30H34N2O2. The topological polar surface area (TPSA) is 46.9 Å². The minimum Gasteiger partial charge on any atom is -0.386 e. The van der Waals surface area contributed by atoms with Gasteiger partial charge in [-0.1, -0.05) is 84.9 Å². The van der Waals surface area contributed by atoms with Crippen molar-refractivity contribution in [3.63, 3.8) is 0 Å². The molecule has 0 fully saturated rings. The van der Waals surface area contributed by atoms with Crippen LogP contribution in [0.5, 0.6) is 0 Å². The van der Waals surface area contributed by atoms with Crippen molar-refractivity contribution in [2.75, 3.05) is 38.0 Å². The third kappa shape index (κ3) is 3.93. The van der Waals surface area contributed by atoms with Crippen LogP contribution in [0.25, 0.3) is 10.8 Å². The lowest BCUT2D eigenvalue weighted by molar-refractivity contribution is 0.0792. The van der Waals surface area contributed by atoms with Crippen molar-refractivity contribution in [3.8, 4) is 0 Å². The van der Waals surface area contributed by atoms with E-state index in [0.717, 1.165) is 44.4 Å². The van der Waals surface area contributed by atoms with Gasteiger partial charge in [0.25, 0.3) is 0 Å². The third-order valence-electron chi connectivity index (χ3n) is 6.46. The van der Waals surface area contributed by atoms with Crippen molar-refractivity contribution >= 4 is 22.1 Å². The molecule has 0 radical (unpaired) electrons. The molecule has 0 bridgehead atoms. The first-order valence-corrected chi connectivity index (χ1v) is 11.6. The highest BCUT2D eigenvalue weighted by atomic mass is 16.3. The van der Waals surface area contributed by atoms with E-state index >= 15 is 0 Å². The molecule has 2 N–H and O–H groups in total. The van der Waals surface area contributed by atoms with Crippen LogP contribution in [0.1, 0.15) is 36.1 Å². The van der Waals surface area contributed by atoms with E-state index in [1.54, 1.807) is 0 Å². The van der Waals surface area contributed by atoms with Crippen LogP contribution in [0.3, 0.4) is 0 Å². The van der Waals surface area contributed by atoms with Crippen LogP contribution in [0.4, 0.5) is 11.4 Å². The van der Waals surface area contributed by atoms with Gasteiger partial charge >= 0.3 is 0 Å². The highest BCUT2D eigenvalue weighted by Gasteiger charge is 2.37. The molecule has 4 heteroatoms. The predicted molar refractivity (Wildman–Crippen MR) is 143 cm³/mol. The molecule has 0 aliphatic rings. The van der Waals surface area contributed by atoms with Crippen LogP contribution in [-0.2, 0) is 11.2 Å². The zero-order chi connectivity index (χ0) is 24.7. The molecule has 0 aliphatic carbocycles. The quantitative estimate of drug-likeness (QED) is 0.379. The zero-order valence-electron chi connectivity index (χ0n) is 20.9. The van der Waals surface area contributed by atoms with E-state index in [9.17, 15) is 10.2 Å². The summed E-state index contributed by atoms with van der Waals surface area (Å²) in [5, 5.41) is 25.6. The lowest BCUT2D eigenvalue weighted by Gasteiger charge is -2.36. The Morgan fingerprint density at radius 3 is 1.38 bits per heavy atom. The van der Waals surface area contributed by atoms with Gasteiger partial charge in [0.05, 0.1) is 17.0 Å². The Bertz CT molecular complexity index is 1250. The number of hydrogen-bond donors (Lipinski definition) is 2. The number of benzene rings is 4. The molecule has 0 heterocycles. The van der Waals surface area contributed by atoms with Crippen LogP contribution in [0.2, 0.25) is 0 Å². The van der Waals surface area contributed by atoms with Crippen molar-refractivity contribution in [1.29, 1.82) is 0 Å². The van der Waals surface area contributed by atoms with E-state index in [2.05, 4.69) is 21.9 Å². The van der Waals surface area contributed by atoms with Crippen molar-refractivity contribution in [1.82, 2.24) is 0 Å². The number of anilines is 2. The van der Waals surface area contributed by atoms with Crippen LogP contribution in [0, 0.1) is 0 Å². The van der Waals surface area contributed by atoms with E-state index in [1.165, 1.54) is 0 Å². The Balaban J connectivity index is 2.19. The van der Waals surface area contributed by atoms with Crippen molar-refractivity contribution in [2.24, 2.45) is 0 Å². The van der Waals surface area contributed by atoms with Gasteiger partial charge in [-0.25, -0.2) is 0 Å². The predicted octanol–water partition coefficient (Wildman–Crippen LogP) is 5.48. The van der Waals surface area contributed by atoms with Crippen LogP contribution in [-0.4, -0.2) is 38.4 Å². The van der Waals surface area contributed by atoms with Gasteiger partial charge in [-0.2, -0.15) is 0 Å². The average molecular weight is 455 g/mol. The van der Waals surface area contributed by atoms with Crippen LogP contribution in [0.15, 0.2) is 84.9 Å². The lowest BCUT2D eigenvalue weighted by atomic mass is 9.78. The first kappa shape index (κ1) is 23.8. The Morgan fingerprint density at radius 2 is 0.971 bits per heavy atom. The molecule has 34 heavy (non-hydrogen) atoms. The van der Waals surface area contributed by atoms with Gasteiger partial charge in [0.15, 0.2) is 0 Å². The Hall–Kier alpha value is -3.34. The maximum Gasteiger partial charge on any atom is 0.142 e. The second-order valence-electron chi connectivity index (χ2n) is 9.81. The van der Waals surface area contributed by atoms with Gasteiger partial charge < -0.3 is 20.0 Å². The number of nitrogens with zero attached hydrogens (tertiary/aromatic N) is 2. The summed E-state index contributed by atoms with van der Waals surface area (Å²) >= 11 is 0. The van der Waals surface area contributed by atoms with Gasteiger partial charge in [0.2, 0.25) is 0 Å². The first-order chi connectivity index (χ1) is 16.1. The number of rotatable bonds is 6.